The molecule has 2 aromatic rings. The first-order valence-electron chi connectivity index (χ1n) is 6.17. The molecule has 0 aliphatic heterocycles. The normalized spacial score (nSPS) is 10.2. The molecule has 7 heteroatoms. The predicted octanol–water partition coefficient (Wildman–Crippen LogP) is 2.65. The summed E-state index contributed by atoms with van der Waals surface area (Å²) in [7, 11) is 0. The monoisotopic (exact) mass is 291 g/mol. The van der Waals surface area contributed by atoms with Crippen molar-refractivity contribution in [2.24, 2.45) is 0 Å². The molecule has 2 rings (SSSR count). The Morgan fingerprint density at radius 1 is 1.29 bits per heavy atom. The molecular weight excluding hydrogens is 278 g/mol. The number of aromatic carboxylic acids is 1. The molecule has 0 saturated carbocycles. The second kappa shape index (κ2) is 6.08. The number of aryl methyl sites for hydroxylation is 1. The number of carboxylic acid groups (broad SMARTS) is 1. The minimum atomic E-state index is -1.19. The van der Waals surface area contributed by atoms with Gasteiger partial charge in [0.05, 0.1) is 12.2 Å². The molecule has 0 aliphatic carbocycles. The molecule has 0 unspecified atom stereocenters. The minimum Gasteiger partial charge on any atom is -0.477 e. The summed E-state index contributed by atoms with van der Waals surface area (Å²) in [6, 6.07) is 6.06. The van der Waals surface area contributed by atoms with Crippen LogP contribution in [0.15, 0.2) is 28.8 Å². The predicted molar refractivity (Wildman–Crippen MR) is 70.7 cm³/mol. The molecule has 0 bridgehead atoms. The molecule has 110 valence electrons. The zero-order chi connectivity index (χ0) is 15.4. The zero-order valence-corrected chi connectivity index (χ0v) is 11.5. The Morgan fingerprint density at radius 3 is 2.52 bits per heavy atom. The van der Waals surface area contributed by atoms with Crippen molar-refractivity contribution < 1.29 is 28.7 Å². The third-order valence-corrected chi connectivity index (χ3v) is 2.63. The van der Waals surface area contributed by atoms with Crippen LogP contribution >= 0.6 is 0 Å². The summed E-state index contributed by atoms with van der Waals surface area (Å²) in [6.45, 7) is 3.49. The van der Waals surface area contributed by atoms with Crippen molar-refractivity contribution in [1.29, 1.82) is 0 Å². The molecule has 0 saturated heterocycles. The number of nitrogens with zero attached hydrogens (tertiary/aromatic N) is 1. The van der Waals surface area contributed by atoms with Gasteiger partial charge in [0.2, 0.25) is 0 Å². The largest absolute Gasteiger partial charge is 0.477 e. The average Bonchev–Trinajstić information content (AvgIpc) is 2.81. The van der Waals surface area contributed by atoms with Gasteiger partial charge in [-0.1, -0.05) is 0 Å². The zero-order valence-electron chi connectivity index (χ0n) is 11.5. The molecule has 0 amide bonds. The van der Waals surface area contributed by atoms with Crippen LogP contribution in [0, 0.1) is 6.92 Å². The Labute approximate surface area is 120 Å². The number of rotatable bonds is 5. The highest BCUT2D eigenvalue weighted by Gasteiger charge is 2.21. The molecule has 1 N–H and O–H groups in total. The highest BCUT2D eigenvalue weighted by molar-refractivity contribution is 5.91. The Morgan fingerprint density at radius 2 is 1.95 bits per heavy atom. The second-order valence-corrected chi connectivity index (χ2v) is 4.07. The lowest BCUT2D eigenvalue weighted by Crippen LogP contribution is -2.04. The van der Waals surface area contributed by atoms with Crippen molar-refractivity contribution in [3.63, 3.8) is 0 Å². The van der Waals surface area contributed by atoms with Crippen molar-refractivity contribution in [3.8, 4) is 11.6 Å². The third-order valence-electron chi connectivity index (χ3n) is 2.63. The van der Waals surface area contributed by atoms with Gasteiger partial charge >= 0.3 is 11.9 Å². The first-order valence-corrected chi connectivity index (χ1v) is 6.17. The van der Waals surface area contributed by atoms with E-state index in [4.69, 9.17) is 19.1 Å². The summed E-state index contributed by atoms with van der Waals surface area (Å²) in [5.74, 6) is -1.28. The Kier molecular flexibility index (Phi) is 4.22. The van der Waals surface area contributed by atoms with E-state index >= 15 is 0 Å². The van der Waals surface area contributed by atoms with Crippen LogP contribution in [0.25, 0.3) is 0 Å². The summed E-state index contributed by atoms with van der Waals surface area (Å²) in [4.78, 5) is 22.6. The molecule has 1 aromatic heterocycles. The Bertz CT molecular complexity index is 659. The second-order valence-electron chi connectivity index (χ2n) is 4.07. The molecule has 21 heavy (non-hydrogen) atoms. The summed E-state index contributed by atoms with van der Waals surface area (Å²) in [5, 5.41) is 12.6. The van der Waals surface area contributed by atoms with Crippen molar-refractivity contribution in [2.45, 2.75) is 13.8 Å². The molecular formula is C14H13NO6. The third kappa shape index (κ3) is 3.19. The van der Waals surface area contributed by atoms with E-state index in [0.717, 1.165) is 0 Å². The van der Waals surface area contributed by atoms with Crippen LogP contribution in [0.1, 0.15) is 33.4 Å². The molecule has 0 atom stereocenters. The lowest BCUT2D eigenvalue weighted by Gasteiger charge is -2.04. The van der Waals surface area contributed by atoms with E-state index in [2.05, 4.69) is 5.16 Å². The Balaban J connectivity index is 2.18. The summed E-state index contributed by atoms with van der Waals surface area (Å²) < 4.78 is 15.0. The first-order chi connectivity index (χ1) is 10.0. The van der Waals surface area contributed by atoms with E-state index in [1.807, 2.05) is 0 Å². The first kappa shape index (κ1) is 14.6. The van der Waals surface area contributed by atoms with E-state index in [1.54, 1.807) is 6.92 Å². The van der Waals surface area contributed by atoms with Gasteiger partial charge in [0, 0.05) is 0 Å². The van der Waals surface area contributed by atoms with Crippen LogP contribution in [0.4, 0.5) is 0 Å². The number of carbonyl (C=O) groups excluding carboxylic acids is 1. The summed E-state index contributed by atoms with van der Waals surface area (Å²) >= 11 is 0. The average molecular weight is 291 g/mol. The number of carboxylic acids is 1. The quantitative estimate of drug-likeness (QED) is 0.845. The van der Waals surface area contributed by atoms with Crippen LogP contribution in [0.2, 0.25) is 0 Å². The fourth-order valence-corrected chi connectivity index (χ4v) is 1.65. The molecule has 1 heterocycles. The number of carbonyl (C=O) groups is 2. The van der Waals surface area contributed by atoms with Gasteiger partial charge < -0.3 is 19.1 Å². The van der Waals surface area contributed by atoms with Crippen LogP contribution in [-0.4, -0.2) is 28.8 Å². The smallest absolute Gasteiger partial charge is 0.344 e. The molecule has 0 spiro atoms. The van der Waals surface area contributed by atoms with Crippen molar-refractivity contribution in [1.82, 2.24) is 5.16 Å². The van der Waals surface area contributed by atoms with Gasteiger partial charge in [0.25, 0.3) is 5.88 Å². The van der Waals surface area contributed by atoms with Gasteiger partial charge in [-0.15, -0.1) is 0 Å². The van der Waals surface area contributed by atoms with Gasteiger partial charge in [-0.25, -0.2) is 9.59 Å². The SMILES string of the molecule is CCOC(=O)c1ccc(Oc2noc(C)c2C(=O)O)cc1. The van der Waals surface area contributed by atoms with Gasteiger partial charge in [-0.05, 0) is 43.3 Å². The van der Waals surface area contributed by atoms with E-state index in [1.165, 1.54) is 31.2 Å². The summed E-state index contributed by atoms with van der Waals surface area (Å²) in [6.07, 6.45) is 0. The maximum absolute atomic E-state index is 11.5. The highest BCUT2D eigenvalue weighted by Crippen LogP contribution is 2.26. The van der Waals surface area contributed by atoms with Gasteiger partial charge in [0.1, 0.15) is 5.75 Å². The number of hydrogen-bond donors (Lipinski definition) is 1. The fraction of sp³-hybridized carbons (Fsp3) is 0.214. The number of hydrogen-bond acceptors (Lipinski definition) is 6. The van der Waals surface area contributed by atoms with Crippen LogP contribution < -0.4 is 4.74 Å². The number of esters is 1. The summed E-state index contributed by atoms with van der Waals surface area (Å²) in [5.41, 5.74) is 0.239. The fourth-order valence-electron chi connectivity index (χ4n) is 1.65. The maximum Gasteiger partial charge on any atom is 0.344 e. The topological polar surface area (TPSA) is 98.9 Å². The van der Waals surface area contributed by atoms with Crippen LogP contribution in [0.5, 0.6) is 11.6 Å². The minimum absolute atomic E-state index is 0.135. The van der Waals surface area contributed by atoms with Crippen molar-refractivity contribution >= 4 is 11.9 Å². The molecule has 0 aliphatic rings. The van der Waals surface area contributed by atoms with E-state index < -0.39 is 11.9 Å². The lowest BCUT2D eigenvalue weighted by atomic mass is 10.2. The lowest BCUT2D eigenvalue weighted by molar-refractivity contribution is 0.0526. The molecule has 0 fully saturated rings. The van der Waals surface area contributed by atoms with Crippen LogP contribution in [-0.2, 0) is 4.74 Å². The van der Waals surface area contributed by atoms with E-state index in [0.29, 0.717) is 11.3 Å². The Hall–Kier alpha value is -2.83. The number of ether oxygens (including phenoxy) is 2. The van der Waals surface area contributed by atoms with Gasteiger partial charge in [0.15, 0.2) is 11.3 Å². The standard InChI is InChI=1S/C14H13NO6/c1-3-19-14(18)9-4-6-10(7-5-9)20-12-11(13(16)17)8(2)21-15-12/h4-7H,3H2,1-2H3,(H,16,17). The van der Waals surface area contributed by atoms with E-state index in [9.17, 15) is 9.59 Å². The maximum atomic E-state index is 11.5. The number of aromatic nitrogens is 1. The molecule has 1 aromatic carbocycles. The van der Waals surface area contributed by atoms with Gasteiger partial charge in [-0.2, -0.15) is 0 Å². The van der Waals surface area contributed by atoms with E-state index in [-0.39, 0.29) is 23.8 Å². The molecule has 7 nitrogen and oxygen atoms in total. The number of benzene rings is 1. The molecule has 0 radical (unpaired) electrons. The van der Waals surface area contributed by atoms with Crippen LogP contribution in [0.3, 0.4) is 0 Å². The van der Waals surface area contributed by atoms with Crippen molar-refractivity contribution in [2.75, 3.05) is 6.61 Å². The highest BCUT2D eigenvalue weighted by atomic mass is 16.5. The van der Waals surface area contributed by atoms with Gasteiger partial charge in [-0.3, -0.25) is 0 Å². The van der Waals surface area contributed by atoms with Crippen molar-refractivity contribution in [3.05, 3.63) is 41.2 Å².